The Morgan fingerprint density at radius 3 is 2.45 bits per heavy atom. The van der Waals surface area contributed by atoms with Crippen LogP contribution in [-0.4, -0.2) is 53.5 Å². The van der Waals surface area contributed by atoms with E-state index < -0.39 is 12.7 Å². The van der Waals surface area contributed by atoms with Crippen LogP contribution in [0, 0.1) is 0 Å². The van der Waals surface area contributed by atoms with Crippen LogP contribution in [0.25, 0.3) is 0 Å². The lowest BCUT2D eigenvalue weighted by atomic mass is 9.98. The monoisotopic (exact) mass is 294 g/mol. The number of nitrogens with one attached hydrogen (secondary N) is 1. The lowest BCUT2D eigenvalue weighted by Crippen LogP contribution is -2.49. The summed E-state index contributed by atoms with van der Waals surface area (Å²) >= 11 is 0. The fourth-order valence-corrected chi connectivity index (χ4v) is 3.30. The van der Waals surface area contributed by atoms with Gasteiger partial charge in [0.25, 0.3) is 0 Å². The number of rotatable bonds is 7. The standard InChI is InChI=1S/C14H25F3N2O/c1-2-7-18-13(10-20)6-5-12(8-13)19(11-3-4-11)9-14(15,16)17/h11-12,18,20H,2-10H2,1H3. The molecular weight excluding hydrogens is 269 g/mol. The maximum Gasteiger partial charge on any atom is 0.401 e. The highest BCUT2D eigenvalue weighted by atomic mass is 19.4. The van der Waals surface area contributed by atoms with E-state index in [4.69, 9.17) is 0 Å². The van der Waals surface area contributed by atoms with Gasteiger partial charge in [0.15, 0.2) is 0 Å². The fraction of sp³-hybridized carbons (Fsp3) is 1.00. The molecule has 3 nitrogen and oxygen atoms in total. The van der Waals surface area contributed by atoms with Crippen molar-refractivity contribution in [3.05, 3.63) is 0 Å². The number of halogens is 3. The molecule has 0 aromatic rings. The van der Waals surface area contributed by atoms with Gasteiger partial charge in [-0.2, -0.15) is 13.2 Å². The summed E-state index contributed by atoms with van der Waals surface area (Å²) in [5, 5.41) is 13.0. The van der Waals surface area contributed by atoms with Crippen molar-refractivity contribution in [1.29, 1.82) is 0 Å². The van der Waals surface area contributed by atoms with E-state index >= 15 is 0 Å². The number of aliphatic hydroxyl groups is 1. The topological polar surface area (TPSA) is 35.5 Å². The average Bonchev–Trinajstić information content (AvgIpc) is 3.13. The van der Waals surface area contributed by atoms with Gasteiger partial charge in [0, 0.05) is 17.6 Å². The zero-order chi connectivity index (χ0) is 14.8. The summed E-state index contributed by atoms with van der Waals surface area (Å²) in [5.41, 5.74) is -0.376. The van der Waals surface area contributed by atoms with Crippen molar-refractivity contribution in [2.75, 3.05) is 19.7 Å². The van der Waals surface area contributed by atoms with Crippen molar-refractivity contribution in [3.63, 3.8) is 0 Å². The minimum atomic E-state index is -4.14. The first-order chi connectivity index (χ1) is 9.39. The molecule has 0 bridgehead atoms. The van der Waals surface area contributed by atoms with E-state index in [1.165, 1.54) is 0 Å². The second kappa shape index (κ2) is 6.20. The maximum atomic E-state index is 12.7. The van der Waals surface area contributed by atoms with E-state index in [-0.39, 0.29) is 24.2 Å². The molecule has 0 spiro atoms. The van der Waals surface area contributed by atoms with Gasteiger partial charge in [-0.3, -0.25) is 4.90 Å². The number of hydrogen-bond acceptors (Lipinski definition) is 3. The molecule has 0 aromatic carbocycles. The van der Waals surface area contributed by atoms with Gasteiger partial charge in [-0.05, 0) is 45.1 Å². The van der Waals surface area contributed by atoms with Gasteiger partial charge in [0.2, 0.25) is 0 Å². The Labute approximate surface area is 118 Å². The number of hydrogen-bond donors (Lipinski definition) is 2. The molecule has 2 N–H and O–H groups in total. The van der Waals surface area contributed by atoms with E-state index in [9.17, 15) is 18.3 Å². The van der Waals surface area contributed by atoms with Crippen LogP contribution in [0.4, 0.5) is 13.2 Å². The third-order valence-electron chi connectivity index (χ3n) is 4.48. The zero-order valence-electron chi connectivity index (χ0n) is 12.0. The van der Waals surface area contributed by atoms with E-state index in [0.29, 0.717) is 6.42 Å². The number of alkyl halides is 3. The quantitative estimate of drug-likeness (QED) is 0.756. The zero-order valence-corrected chi connectivity index (χ0v) is 12.0. The molecule has 20 heavy (non-hydrogen) atoms. The first kappa shape index (κ1) is 16.0. The lowest BCUT2D eigenvalue weighted by Gasteiger charge is -2.33. The Morgan fingerprint density at radius 1 is 1.25 bits per heavy atom. The van der Waals surface area contributed by atoms with Gasteiger partial charge in [-0.1, -0.05) is 6.92 Å². The van der Waals surface area contributed by atoms with Gasteiger partial charge < -0.3 is 10.4 Å². The Hall–Kier alpha value is -0.330. The maximum absolute atomic E-state index is 12.7. The van der Waals surface area contributed by atoms with Gasteiger partial charge in [0.1, 0.15) is 0 Å². The van der Waals surface area contributed by atoms with Crippen LogP contribution in [0.3, 0.4) is 0 Å². The molecule has 2 aliphatic rings. The van der Waals surface area contributed by atoms with Gasteiger partial charge in [-0.25, -0.2) is 0 Å². The summed E-state index contributed by atoms with van der Waals surface area (Å²) < 4.78 is 38.2. The van der Waals surface area contributed by atoms with E-state index in [1.807, 2.05) is 6.92 Å². The summed E-state index contributed by atoms with van der Waals surface area (Å²) in [6, 6.07) is 0.0444. The van der Waals surface area contributed by atoms with E-state index in [0.717, 1.165) is 38.6 Å². The molecule has 0 amide bonds. The summed E-state index contributed by atoms with van der Waals surface area (Å²) in [4.78, 5) is 1.63. The largest absolute Gasteiger partial charge is 0.401 e. The van der Waals surface area contributed by atoms with Crippen molar-refractivity contribution in [3.8, 4) is 0 Å². The molecule has 0 saturated heterocycles. The average molecular weight is 294 g/mol. The molecule has 2 saturated carbocycles. The second-order valence-corrected chi connectivity index (χ2v) is 6.28. The molecule has 2 atom stereocenters. The van der Waals surface area contributed by atoms with Crippen molar-refractivity contribution in [2.45, 2.75) is 69.2 Å². The lowest BCUT2D eigenvalue weighted by molar-refractivity contribution is -0.152. The number of nitrogens with zero attached hydrogens (tertiary/aromatic N) is 1. The van der Waals surface area contributed by atoms with Gasteiger partial charge in [0.05, 0.1) is 13.2 Å². The summed E-state index contributed by atoms with van der Waals surface area (Å²) in [5.74, 6) is 0. The minimum Gasteiger partial charge on any atom is -0.394 e. The Balaban J connectivity index is 1.97. The Bertz CT molecular complexity index is 320. The molecule has 2 fully saturated rings. The van der Waals surface area contributed by atoms with Crippen molar-refractivity contribution >= 4 is 0 Å². The van der Waals surface area contributed by atoms with Crippen LogP contribution in [0.15, 0.2) is 0 Å². The highest BCUT2D eigenvalue weighted by Crippen LogP contribution is 2.40. The van der Waals surface area contributed by atoms with Crippen LogP contribution in [0.2, 0.25) is 0 Å². The van der Waals surface area contributed by atoms with Gasteiger partial charge >= 0.3 is 6.18 Å². The van der Waals surface area contributed by atoms with Crippen LogP contribution in [0.5, 0.6) is 0 Å². The summed E-state index contributed by atoms with van der Waals surface area (Å²) in [6.07, 6.45) is 0.697. The van der Waals surface area contributed by atoms with Crippen molar-refractivity contribution in [2.24, 2.45) is 0 Å². The second-order valence-electron chi connectivity index (χ2n) is 6.28. The molecule has 0 radical (unpaired) electrons. The first-order valence-electron chi connectivity index (χ1n) is 7.57. The predicted octanol–water partition coefficient (Wildman–Crippen LogP) is 2.30. The summed E-state index contributed by atoms with van der Waals surface area (Å²) in [6.45, 7) is 2.05. The molecular formula is C14H25F3N2O. The highest BCUT2D eigenvalue weighted by Gasteiger charge is 2.47. The molecule has 6 heteroatoms. The minimum absolute atomic E-state index is 0.00796. The van der Waals surface area contributed by atoms with Crippen LogP contribution >= 0.6 is 0 Å². The van der Waals surface area contributed by atoms with Crippen molar-refractivity contribution in [1.82, 2.24) is 10.2 Å². The van der Waals surface area contributed by atoms with Crippen LogP contribution in [0.1, 0.15) is 45.4 Å². The van der Waals surface area contributed by atoms with E-state index in [2.05, 4.69) is 5.32 Å². The first-order valence-corrected chi connectivity index (χ1v) is 7.57. The predicted molar refractivity (Wildman–Crippen MR) is 71.5 cm³/mol. The van der Waals surface area contributed by atoms with Crippen LogP contribution in [-0.2, 0) is 0 Å². The molecule has 2 aliphatic carbocycles. The van der Waals surface area contributed by atoms with E-state index in [1.54, 1.807) is 4.90 Å². The SMILES string of the molecule is CCCNC1(CO)CCC(N(CC(F)(F)F)C2CC2)C1. The number of aliphatic hydroxyl groups excluding tert-OH is 1. The summed E-state index contributed by atoms with van der Waals surface area (Å²) in [7, 11) is 0. The molecule has 2 rings (SSSR count). The molecule has 0 heterocycles. The Kier molecular flexibility index (Phi) is 4.97. The normalized spacial score (nSPS) is 31.2. The molecule has 2 unspecified atom stereocenters. The third kappa shape index (κ3) is 4.09. The molecule has 118 valence electrons. The fourth-order valence-electron chi connectivity index (χ4n) is 3.30. The smallest absolute Gasteiger partial charge is 0.394 e. The molecule has 0 aliphatic heterocycles. The molecule has 0 aromatic heterocycles. The third-order valence-corrected chi connectivity index (χ3v) is 4.48. The van der Waals surface area contributed by atoms with Crippen molar-refractivity contribution < 1.29 is 18.3 Å². The Morgan fingerprint density at radius 2 is 1.95 bits per heavy atom. The van der Waals surface area contributed by atoms with Gasteiger partial charge in [-0.15, -0.1) is 0 Å². The van der Waals surface area contributed by atoms with Crippen LogP contribution < -0.4 is 5.32 Å². The highest BCUT2D eigenvalue weighted by molar-refractivity contribution is 5.02.